The SMILES string of the molecule is O=C(Nc1ccc(CC(=O)N2CCN(c3ncccn3)CC2)cc1)c1cc(-c2ccco2)on1. The number of carbonyl (C=O) groups is 2. The molecule has 0 aliphatic carbocycles. The van der Waals surface area contributed by atoms with Crippen LogP contribution in [0.5, 0.6) is 0 Å². The van der Waals surface area contributed by atoms with Crippen molar-refractivity contribution in [2.24, 2.45) is 0 Å². The molecule has 1 aromatic carbocycles. The lowest BCUT2D eigenvalue weighted by Crippen LogP contribution is -2.49. The molecular formula is C24H22N6O4. The summed E-state index contributed by atoms with van der Waals surface area (Å²) >= 11 is 0. The third-order valence-electron chi connectivity index (χ3n) is 5.54. The molecule has 10 nitrogen and oxygen atoms in total. The molecule has 0 atom stereocenters. The number of aromatic nitrogens is 3. The Kier molecular flexibility index (Phi) is 6.02. The first kappa shape index (κ1) is 21.4. The number of hydrogen-bond donors (Lipinski definition) is 1. The van der Waals surface area contributed by atoms with Gasteiger partial charge in [-0.15, -0.1) is 0 Å². The molecule has 0 bridgehead atoms. The van der Waals surface area contributed by atoms with Gasteiger partial charge in [0.1, 0.15) is 0 Å². The zero-order valence-corrected chi connectivity index (χ0v) is 18.3. The average Bonchev–Trinajstić information content (AvgIpc) is 3.58. The van der Waals surface area contributed by atoms with E-state index in [1.807, 2.05) is 17.0 Å². The van der Waals surface area contributed by atoms with Gasteiger partial charge in [0.25, 0.3) is 5.91 Å². The highest BCUT2D eigenvalue weighted by molar-refractivity contribution is 6.03. The first-order valence-electron chi connectivity index (χ1n) is 10.9. The van der Waals surface area contributed by atoms with Gasteiger partial charge in [0.05, 0.1) is 12.7 Å². The van der Waals surface area contributed by atoms with Gasteiger partial charge in [-0.2, -0.15) is 0 Å². The minimum atomic E-state index is -0.398. The van der Waals surface area contributed by atoms with Crippen LogP contribution in [0.4, 0.5) is 11.6 Å². The van der Waals surface area contributed by atoms with Crippen molar-refractivity contribution in [2.45, 2.75) is 6.42 Å². The fraction of sp³-hybridized carbons (Fsp3) is 0.208. The molecule has 0 radical (unpaired) electrons. The van der Waals surface area contributed by atoms with E-state index in [1.54, 1.807) is 42.7 Å². The van der Waals surface area contributed by atoms with Gasteiger partial charge in [-0.1, -0.05) is 17.3 Å². The largest absolute Gasteiger partial charge is 0.461 e. The number of amides is 2. The number of furan rings is 1. The molecule has 0 saturated carbocycles. The third-order valence-corrected chi connectivity index (χ3v) is 5.54. The van der Waals surface area contributed by atoms with Gasteiger partial charge in [-0.25, -0.2) is 9.97 Å². The fourth-order valence-electron chi connectivity index (χ4n) is 3.71. The van der Waals surface area contributed by atoms with Crippen molar-refractivity contribution in [1.29, 1.82) is 0 Å². The predicted octanol–water partition coefficient (Wildman–Crippen LogP) is 2.87. The molecule has 1 fully saturated rings. The predicted molar refractivity (Wildman–Crippen MR) is 123 cm³/mol. The highest BCUT2D eigenvalue weighted by Gasteiger charge is 2.22. The lowest BCUT2D eigenvalue weighted by Gasteiger charge is -2.34. The van der Waals surface area contributed by atoms with E-state index in [2.05, 4.69) is 25.3 Å². The lowest BCUT2D eigenvalue weighted by atomic mass is 10.1. The molecule has 0 spiro atoms. The quantitative estimate of drug-likeness (QED) is 0.469. The first-order valence-corrected chi connectivity index (χ1v) is 10.9. The van der Waals surface area contributed by atoms with Crippen LogP contribution in [0.25, 0.3) is 11.5 Å². The molecule has 4 heterocycles. The third kappa shape index (κ3) is 4.80. The van der Waals surface area contributed by atoms with E-state index in [9.17, 15) is 9.59 Å². The number of piperazine rings is 1. The number of nitrogens with one attached hydrogen (secondary N) is 1. The maximum atomic E-state index is 12.7. The lowest BCUT2D eigenvalue weighted by molar-refractivity contribution is -0.130. The second-order valence-electron chi connectivity index (χ2n) is 7.80. The van der Waals surface area contributed by atoms with E-state index in [1.165, 1.54) is 12.3 Å². The smallest absolute Gasteiger partial charge is 0.277 e. The number of carbonyl (C=O) groups excluding carboxylic acids is 2. The van der Waals surface area contributed by atoms with Crippen molar-refractivity contribution in [1.82, 2.24) is 20.0 Å². The average molecular weight is 458 g/mol. The molecule has 3 aromatic heterocycles. The second-order valence-corrected chi connectivity index (χ2v) is 7.80. The first-order chi connectivity index (χ1) is 16.7. The highest BCUT2D eigenvalue weighted by atomic mass is 16.5. The van der Waals surface area contributed by atoms with Gasteiger partial charge in [0.15, 0.2) is 11.5 Å². The topological polar surface area (TPSA) is 118 Å². The number of benzene rings is 1. The Morgan fingerprint density at radius 3 is 2.41 bits per heavy atom. The number of anilines is 2. The van der Waals surface area contributed by atoms with Crippen LogP contribution in [0, 0.1) is 0 Å². The monoisotopic (exact) mass is 458 g/mol. The molecule has 5 rings (SSSR count). The maximum Gasteiger partial charge on any atom is 0.277 e. The Balaban J connectivity index is 1.13. The summed E-state index contributed by atoms with van der Waals surface area (Å²) in [5.74, 6) is 1.23. The Bertz CT molecular complexity index is 1250. The molecule has 10 heteroatoms. The molecule has 1 aliphatic heterocycles. The van der Waals surface area contributed by atoms with E-state index >= 15 is 0 Å². The number of rotatable bonds is 6. The zero-order valence-electron chi connectivity index (χ0n) is 18.3. The molecule has 1 N–H and O–H groups in total. The van der Waals surface area contributed by atoms with Crippen LogP contribution < -0.4 is 10.2 Å². The van der Waals surface area contributed by atoms with Crippen molar-refractivity contribution < 1.29 is 18.5 Å². The summed E-state index contributed by atoms with van der Waals surface area (Å²) in [5.41, 5.74) is 1.62. The molecule has 172 valence electrons. The zero-order chi connectivity index (χ0) is 23.3. The van der Waals surface area contributed by atoms with E-state index in [0.717, 1.165) is 5.56 Å². The number of hydrogen-bond acceptors (Lipinski definition) is 8. The Labute approximate surface area is 195 Å². The minimum Gasteiger partial charge on any atom is -0.461 e. The van der Waals surface area contributed by atoms with Crippen LogP contribution in [-0.4, -0.2) is 58.0 Å². The summed E-state index contributed by atoms with van der Waals surface area (Å²) in [4.78, 5) is 37.7. The van der Waals surface area contributed by atoms with Crippen molar-refractivity contribution in [3.63, 3.8) is 0 Å². The fourth-order valence-corrected chi connectivity index (χ4v) is 3.71. The van der Waals surface area contributed by atoms with E-state index < -0.39 is 5.91 Å². The van der Waals surface area contributed by atoms with Crippen molar-refractivity contribution in [3.05, 3.63) is 78.4 Å². The molecule has 2 amide bonds. The van der Waals surface area contributed by atoms with Crippen molar-refractivity contribution in [2.75, 3.05) is 36.4 Å². The van der Waals surface area contributed by atoms with Crippen LogP contribution in [-0.2, 0) is 11.2 Å². The molecule has 0 unspecified atom stereocenters. The molecule has 4 aromatic rings. The standard InChI is InChI=1S/C24H22N6O4/c31-22(29-10-12-30(13-11-29)24-25-8-2-9-26-24)15-17-4-6-18(7-5-17)27-23(32)19-16-21(34-28-19)20-3-1-14-33-20/h1-9,14,16H,10-13,15H2,(H,27,32). The summed E-state index contributed by atoms with van der Waals surface area (Å²) in [5, 5.41) is 6.57. The summed E-state index contributed by atoms with van der Waals surface area (Å²) < 4.78 is 10.4. The van der Waals surface area contributed by atoms with Crippen LogP contribution in [0.3, 0.4) is 0 Å². The van der Waals surface area contributed by atoms with Crippen molar-refractivity contribution >= 4 is 23.5 Å². The van der Waals surface area contributed by atoms with Gasteiger partial charge in [-0.3, -0.25) is 9.59 Å². The highest BCUT2D eigenvalue weighted by Crippen LogP contribution is 2.21. The normalized spacial score (nSPS) is 13.6. The Morgan fingerprint density at radius 2 is 1.71 bits per heavy atom. The van der Waals surface area contributed by atoms with Gasteiger partial charge < -0.3 is 24.1 Å². The van der Waals surface area contributed by atoms with Gasteiger partial charge in [0, 0.05) is 50.3 Å². The number of nitrogens with zero attached hydrogens (tertiary/aromatic N) is 5. The van der Waals surface area contributed by atoms with Crippen LogP contribution >= 0.6 is 0 Å². The van der Waals surface area contributed by atoms with Crippen LogP contribution in [0.15, 0.2) is 76.1 Å². The van der Waals surface area contributed by atoms with Crippen LogP contribution in [0.2, 0.25) is 0 Å². The molecule has 34 heavy (non-hydrogen) atoms. The minimum absolute atomic E-state index is 0.0680. The molecule has 1 aliphatic rings. The van der Waals surface area contributed by atoms with Gasteiger partial charge >= 0.3 is 0 Å². The van der Waals surface area contributed by atoms with Crippen molar-refractivity contribution in [3.8, 4) is 11.5 Å². The molecular weight excluding hydrogens is 436 g/mol. The van der Waals surface area contributed by atoms with E-state index in [-0.39, 0.29) is 11.6 Å². The summed E-state index contributed by atoms with van der Waals surface area (Å²) in [6, 6.07) is 13.9. The summed E-state index contributed by atoms with van der Waals surface area (Å²) in [6.45, 7) is 2.65. The Hall–Kier alpha value is -4.47. The Morgan fingerprint density at radius 1 is 0.941 bits per heavy atom. The molecule has 1 saturated heterocycles. The van der Waals surface area contributed by atoms with Gasteiger partial charge in [-0.05, 0) is 35.9 Å². The second kappa shape index (κ2) is 9.57. The van der Waals surface area contributed by atoms with E-state index in [0.29, 0.717) is 55.8 Å². The van der Waals surface area contributed by atoms with Crippen LogP contribution in [0.1, 0.15) is 16.1 Å². The summed E-state index contributed by atoms with van der Waals surface area (Å²) in [6.07, 6.45) is 5.25. The maximum absolute atomic E-state index is 12.7. The summed E-state index contributed by atoms with van der Waals surface area (Å²) in [7, 11) is 0. The van der Waals surface area contributed by atoms with Gasteiger partial charge in [0.2, 0.25) is 17.6 Å². The van der Waals surface area contributed by atoms with E-state index in [4.69, 9.17) is 8.94 Å².